The van der Waals surface area contributed by atoms with Crippen molar-refractivity contribution in [1.29, 1.82) is 0 Å². The first-order valence-corrected chi connectivity index (χ1v) is 7.05. The van der Waals surface area contributed by atoms with E-state index in [0.717, 1.165) is 11.1 Å². The topological polar surface area (TPSA) is 29.5 Å². The highest BCUT2D eigenvalue weighted by Gasteiger charge is 2.60. The zero-order valence-corrected chi connectivity index (χ0v) is 11.9. The maximum Gasteiger partial charge on any atom is 0.104 e. The fraction of sp³-hybridized carbons (Fsp3) is 0.333. The minimum Gasteiger partial charge on any atom is -0.384 e. The summed E-state index contributed by atoms with van der Waals surface area (Å²) in [5.74, 6) is 0.0474. The standard InChI is InChI=1S/C18H20O2/c1-13-17(20-2)16(14-9-5-3-6-10-14)18(13,19)15-11-7-4-8-12-15/h3-13,16-17,19H,1-2H3/t13-,16-,17+,18+/m0/s1. The third kappa shape index (κ3) is 1.80. The molecule has 1 saturated carbocycles. The van der Waals surface area contributed by atoms with Crippen molar-refractivity contribution in [2.75, 3.05) is 7.11 Å². The largest absolute Gasteiger partial charge is 0.384 e. The van der Waals surface area contributed by atoms with Crippen LogP contribution in [-0.4, -0.2) is 18.3 Å². The van der Waals surface area contributed by atoms with Crippen LogP contribution in [0.15, 0.2) is 60.7 Å². The summed E-state index contributed by atoms with van der Waals surface area (Å²) >= 11 is 0. The van der Waals surface area contributed by atoms with Crippen LogP contribution in [0, 0.1) is 5.92 Å². The fourth-order valence-corrected chi connectivity index (χ4v) is 3.55. The van der Waals surface area contributed by atoms with Gasteiger partial charge in [-0.3, -0.25) is 0 Å². The maximum absolute atomic E-state index is 11.3. The molecule has 2 nitrogen and oxygen atoms in total. The van der Waals surface area contributed by atoms with Gasteiger partial charge in [-0.2, -0.15) is 0 Å². The molecule has 0 heterocycles. The van der Waals surface area contributed by atoms with Crippen LogP contribution in [0.1, 0.15) is 24.0 Å². The molecule has 1 aliphatic rings. The van der Waals surface area contributed by atoms with Crippen molar-refractivity contribution in [3.63, 3.8) is 0 Å². The summed E-state index contributed by atoms with van der Waals surface area (Å²) in [5.41, 5.74) is 1.24. The lowest BCUT2D eigenvalue weighted by molar-refractivity contribution is -0.207. The van der Waals surface area contributed by atoms with Crippen LogP contribution in [0.5, 0.6) is 0 Å². The van der Waals surface area contributed by atoms with Gasteiger partial charge >= 0.3 is 0 Å². The Morgan fingerprint density at radius 3 is 2.05 bits per heavy atom. The molecule has 1 N–H and O–H groups in total. The predicted molar refractivity (Wildman–Crippen MR) is 79.5 cm³/mol. The van der Waals surface area contributed by atoms with Crippen molar-refractivity contribution in [3.8, 4) is 0 Å². The summed E-state index contributed by atoms with van der Waals surface area (Å²) in [6, 6.07) is 20.1. The molecule has 1 aliphatic carbocycles. The summed E-state index contributed by atoms with van der Waals surface area (Å²) in [6.45, 7) is 2.06. The molecule has 1 fully saturated rings. The molecule has 0 unspecified atom stereocenters. The van der Waals surface area contributed by atoms with Gasteiger partial charge in [-0.05, 0) is 11.1 Å². The molecular weight excluding hydrogens is 248 g/mol. The minimum absolute atomic E-state index is 0.0221. The Hall–Kier alpha value is -1.64. The molecule has 3 rings (SSSR count). The van der Waals surface area contributed by atoms with Gasteiger partial charge in [0.15, 0.2) is 0 Å². The van der Waals surface area contributed by atoms with Crippen molar-refractivity contribution in [2.45, 2.75) is 24.5 Å². The third-order valence-electron chi connectivity index (χ3n) is 4.66. The zero-order chi connectivity index (χ0) is 14.2. The van der Waals surface area contributed by atoms with Gasteiger partial charge < -0.3 is 9.84 Å². The first-order valence-electron chi connectivity index (χ1n) is 7.05. The lowest BCUT2D eigenvalue weighted by atomic mass is 9.54. The van der Waals surface area contributed by atoms with Gasteiger partial charge in [0.25, 0.3) is 0 Å². The highest BCUT2D eigenvalue weighted by molar-refractivity contribution is 5.38. The van der Waals surface area contributed by atoms with E-state index < -0.39 is 5.60 Å². The predicted octanol–water partition coefficient (Wildman–Crippen LogP) is 3.32. The second kappa shape index (κ2) is 5.04. The molecule has 2 aromatic carbocycles. The van der Waals surface area contributed by atoms with Gasteiger partial charge in [0, 0.05) is 18.9 Å². The van der Waals surface area contributed by atoms with Crippen LogP contribution in [0.25, 0.3) is 0 Å². The summed E-state index contributed by atoms with van der Waals surface area (Å²) in [6.07, 6.45) is 0.0441. The lowest BCUT2D eigenvalue weighted by Crippen LogP contribution is -2.61. The Morgan fingerprint density at radius 2 is 1.50 bits per heavy atom. The number of rotatable bonds is 3. The highest BCUT2D eigenvalue weighted by atomic mass is 16.5. The van der Waals surface area contributed by atoms with E-state index in [1.807, 2.05) is 48.5 Å². The van der Waals surface area contributed by atoms with E-state index in [1.165, 1.54) is 0 Å². The van der Waals surface area contributed by atoms with Crippen molar-refractivity contribution >= 4 is 0 Å². The van der Waals surface area contributed by atoms with Crippen molar-refractivity contribution in [1.82, 2.24) is 0 Å². The number of aliphatic hydroxyl groups is 1. The summed E-state index contributed by atoms with van der Waals surface area (Å²) in [7, 11) is 1.72. The van der Waals surface area contributed by atoms with E-state index in [-0.39, 0.29) is 17.9 Å². The second-order valence-corrected chi connectivity index (χ2v) is 5.57. The molecule has 2 aromatic rings. The van der Waals surface area contributed by atoms with E-state index in [0.29, 0.717) is 0 Å². The molecule has 0 amide bonds. The normalized spacial score (nSPS) is 32.6. The smallest absolute Gasteiger partial charge is 0.104 e. The van der Waals surface area contributed by atoms with E-state index in [1.54, 1.807) is 7.11 Å². The Kier molecular flexibility index (Phi) is 3.36. The molecule has 0 aliphatic heterocycles. The Bertz CT molecular complexity index is 566. The molecular formula is C18H20O2. The molecule has 0 radical (unpaired) electrons. The summed E-state index contributed by atoms with van der Waals surface area (Å²) < 4.78 is 5.62. The molecule has 4 atom stereocenters. The third-order valence-corrected chi connectivity index (χ3v) is 4.66. The van der Waals surface area contributed by atoms with Crippen LogP contribution in [-0.2, 0) is 10.3 Å². The molecule has 20 heavy (non-hydrogen) atoms. The zero-order valence-electron chi connectivity index (χ0n) is 11.9. The van der Waals surface area contributed by atoms with Gasteiger partial charge in [0.05, 0.1) is 6.10 Å². The van der Waals surface area contributed by atoms with Crippen molar-refractivity contribution in [2.24, 2.45) is 5.92 Å². The Labute approximate surface area is 120 Å². The Morgan fingerprint density at radius 1 is 0.950 bits per heavy atom. The van der Waals surface area contributed by atoms with Gasteiger partial charge in [-0.15, -0.1) is 0 Å². The Balaban J connectivity index is 2.05. The lowest BCUT2D eigenvalue weighted by Gasteiger charge is -2.57. The maximum atomic E-state index is 11.3. The van der Waals surface area contributed by atoms with Crippen LogP contribution in [0.4, 0.5) is 0 Å². The molecule has 2 heteroatoms. The molecule has 0 aromatic heterocycles. The van der Waals surface area contributed by atoms with Gasteiger partial charge in [0.1, 0.15) is 5.60 Å². The molecule has 0 spiro atoms. The van der Waals surface area contributed by atoms with Gasteiger partial charge in [-0.1, -0.05) is 67.6 Å². The van der Waals surface area contributed by atoms with Crippen molar-refractivity contribution < 1.29 is 9.84 Å². The van der Waals surface area contributed by atoms with Gasteiger partial charge in [-0.25, -0.2) is 0 Å². The van der Waals surface area contributed by atoms with E-state index in [4.69, 9.17) is 4.74 Å². The van der Waals surface area contributed by atoms with Crippen LogP contribution >= 0.6 is 0 Å². The van der Waals surface area contributed by atoms with Gasteiger partial charge in [0.2, 0.25) is 0 Å². The monoisotopic (exact) mass is 268 g/mol. The van der Waals surface area contributed by atoms with Crippen LogP contribution < -0.4 is 0 Å². The minimum atomic E-state index is -0.858. The SMILES string of the molecule is CO[C@@H]1[C@H](C)[C@@](O)(c2ccccc2)[C@H]1c1ccccc1. The number of methoxy groups -OCH3 is 1. The number of hydrogen-bond acceptors (Lipinski definition) is 2. The number of ether oxygens (including phenoxy) is 1. The highest BCUT2D eigenvalue weighted by Crippen LogP contribution is 2.57. The number of hydrogen-bond donors (Lipinski definition) is 1. The molecule has 0 saturated heterocycles. The average Bonchev–Trinajstić information content (AvgIpc) is 2.52. The quantitative estimate of drug-likeness (QED) is 0.925. The van der Waals surface area contributed by atoms with Crippen molar-refractivity contribution in [3.05, 3.63) is 71.8 Å². The van der Waals surface area contributed by atoms with Crippen LogP contribution in [0.3, 0.4) is 0 Å². The van der Waals surface area contributed by atoms with E-state index in [9.17, 15) is 5.11 Å². The van der Waals surface area contributed by atoms with Crippen LogP contribution in [0.2, 0.25) is 0 Å². The first-order chi connectivity index (χ1) is 9.69. The molecule has 104 valence electrons. The number of benzene rings is 2. The second-order valence-electron chi connectivity index (χ2n) is 5.57. The average molecular weight is 268 g/mol. The van der Waals surface area contributed by atoms with E-state index >= 15 is 0 Å². The first kappa shape index (κ1) is 13.3. The molecule has 0 bridgehead atoms. The summed E-state index contributed by atoms with van der Waals surface area (Å²) in [5, 5.41) is 11.3. The fourth-order valence-electron chi connectivity index (χ4n) is 3.55. The summed E-state index contributed by atoms with van der Waals surface area (Å²) in [4.78, 5) is 0. The van der Waals surface area contributed by atoms with E-state index in [2.05, 4.69) is 19.1 Å².